The molecule has 0 saturated heterocycles. The second-order valence-electron chi connectivity index (χ2n) is 11.9. The molecule has 0 aromatic carbocycles. The Labute approximate surface area is 208 Å². The molecule has 2 saturated carbocycles. The number of nitrogens with zero attached hydrogens (tertiary/aromatic N) is 3. The maximum Gasteiger partial charge on any atom is 0.253 e. The predicted molar refractivity (Wildman–Crippen MR) is 137 cm³/mol. The lowest BCUT2D eigenvalue weighted by Crippen LogP contribution is -2.51. The number of carbonyl (C=O) groups is 1. The molecule has 0 spiro atoms. The van der Waals surface area contributed by atoms with Crippen LogP contribution in [-0.2, 0) is 0 Å². The first-order valence-electron chi connectivity index (χ1n) is 13.3. The zero-order valence-corrected chi connectivity index (χ0v) is 21.1. The molecule has 0 aliphatic heterocycles. The Morgan fingerprint density at radius 1 is 1.00 bits per heavy atom. The third kappa shape index (κ3) is 3.66. The van der Waals surface area contributed by atoms with Crippen LogP contribution in [0.4, 0.5) is 0 Å². The maximum atomic E-state index is 12.7. The quantitative estimate of drug-likeness (QED) is 0.567. The van der Waals surface area contributed by atoms with E-state index < -0.39 is 0 Å². The highest BCUT2D eigenvalue weighted by Gasteiger charge is 2.56. The van der Waals surface area contributed by atoms with Crippen molar-refractivity contribution in [3.8, 4) is 0 Å². The normalized spacial score (nSPS) is 35.7. The van der Waals surface area contributed by atoms with Gasteiger partial charge in [-0.2, -0.15) is 10.2 Å². The number of hydrogen-bond acceptors (Lipinski definition) is 4. The smallest absolute Gasteiger partial charge is 0.253 e. The number of carbonyl (C=O) groups excluding carboxylic acids is 1. The van der Waals surface area contributed by atoms with Gasteiger partial charge in [-0.1, -0.05) is 31.6 Å². The number of aromatic nitrogens is 3. The first kappa shape index (κ1) is 22.6. The summed E-state index contributed by atoms with van der Waals surface area (Å²) in [5, 5.41) is 10.9. The van der Waals surface area contributed by atoms with Crippen LogP contribution in [0.5, 0.6) is 0 Å². The monoisotopic (exact) mass is 468 g/mol. The van der Waals surface area contributed by atoms with Crippen molar-refractivity contribution in [3.05, 3.63) is 71.3 Å². The second kappa shape index (κ2) is 8.39. The molecule has 2 heterocycles. The largest absolute Gasteiger partial charge is 0.349 e. The molecule has 2 aromatic heterocycles. The highest BCUT2D eigenvalue weighted by Crippen LogP contribution is 2.66. The zero-order valence-electron chi connectivity index (χ0n) is 21.1. The molecule has 0 unspecified atom stereocenters. The highest BCUT2D eigenvalue weighted by atomic mass is 16.1. The van der Waals surface area contributed by atoms with E-state index in [1.165, 1.54) is 42.4 Å². The van der Waals surface area contributed by atoms with Gasteiger partial charge < -0.3 is 5.32 Å². The van der Waals surface area contributed by atoms with Crippen LogP contribution in [0.3, 0.4) is 0 Å². The molecule has 1 N–H and O–H groups in total. The Morgan fingerprint density at radius 3 is 2.66 bits per heavy atom. The Hall–Kier alpha value is -2.82. The number of amides is 1. The van der Waals surface area contributed by atoms with Crippen molar-refractivity contribution in [1.82, 2.24) is 20.5 Å². The van der Waals surface area contributed by atoms with Gasteiger partial charge in [-0.3, -0.25) is 9.78 Å². The van der Waals surface area contributed by atoms with E-state index in [1.807, 2.05) is 6.20 Å². The summed E-state index contributed by atoms with van der Waals surface area (Å²) in [7, 11) is 0. The molecule has 4 aliphatic carbocycles. The van der Waals surface area contributed by atoms with Gasteiger partial charge in [0, 0.05) is 18.4 Å². The van der Waals surface area contributed by atoms with E-state index in [2.05, 4.69) is 65.7 Å². The van der Waals surface area contributed by atoms with Crippen molar-refractivity contribution in [1.29, 1.82) is 0 Å². The number of nitrogens with one attached hydrogen (secondary N) is 1. The highest BCUT2D eigenvalue weighted by molar-refractivity contribution is 5.93. The minimum Gasteiger partial charge on any atom is -0.349 e. The summed E-state index contributed by atoms with van der Waals surface area (Å²) < 4.78 is 0. The first-order valence-corrected chi connectivity index (χ1v) is 13.3. The fraction of sp³-hybridized carbons (Fsp3) is 0.533. The van der Waals surface area contributed by atoms with Crippen molar-refractivity contribution >= 4 is 11.5 Å². The number of rotatable bonds is 3. The summed E-state index contributed by atoms with van der Waals surface area (Å²) in [5.41, 5.74) is 6.79. The van der Waals surface area contributed by atoms with Crippen LogP contribution in [0.2, 0.25) is 0 Å². The molecule has 182 valence electrons. The van der Waals surface area contributed by atoms with E-state index in [9.17, 15) is 4.79 Å². The van der Waals surface area contributed by atoms with E-state index in [1.54, 1.807) is 24.0 Å². The average Bonchev–Trinajstić information content (AvgIpc) is 3.22. The topological polar surface area (TPSA) is 67.8 Å². The molecule has 6 atom stereocenters. The van der Waals surface area contributed by atoms with Gasteiger partial charge in [-0.05, 0) is 109 Å². The van der Waals surface area contributed by atoms with Gasteiger partial charge >= 0.3 is 0 Å². The molecule has 0 radical (unpaired) electrons. The third-order valence-corrected chi connectivity index (χ3v) is 10.1. The van der Waals surface area contributed by atoms with Crippen molar-refractivity contribution in [2.45, 2.75) is 71.8 Å². The molecular formula is C30H36N4O. The van der Waals surface area contributed by atoms with Crippen LogP contribution in [0.1, 0.15) is 80.3 Å². The molecule has 2 aromatic rings. The lowest BCUT2D eigenvalue weighted by molar-refractivity contribution is -0.0123. The summed E-state index contributed by atoms with van der Waals surface area (Å²) in [4.78, 5) is 17.2. The van der Waals surface area contributed by atoms with Gasteiger partial charge in [-0.15, -0.1) is 0 Å². The van der Waals surface area contributed by atoms with E-state index in [4.69, 9.17) is 0 Å². The summed E-state index contributed by atoms with van der Waals surface area (Å²) in [6.45, 7) is 7.19. The Kier molecular flexibility index (Phi) is 5.43. The van der Waals surface area contributed by atoms with Crippen LogP contribution in [-0.4, -0.2) is 27.1 Å². The van der Waals surface area contributed by atoms with Crippen molar-refractivity contribution in [2.24, 2.45) is 28.6 Å². The van der Waals surface area contributed by atoms with Crippen LogP contribution < -0.4 is 5.32 Å². The van der Waals surface area contributed by atoms with Crippen molar-refractivity contribution in [3.63, 3.8) is 0 Å². The number of pyridine rings is 1. The van der Waals surface area contributed by atoms with E-state index >= 15 is 0 Å². The maximum absolute atomic E-state index is 12.7. The average molecular weight is 469 g/mol. The van der Waals surface area contributed by atoms with Crippen molar-refractivity contribution < 1.29 is 4.79 Å². The van der Waals surface area contributed by atoms with E-state index in [0.29, 0.717) is 11.5 Å². The number of aryl methyl sites for hydroxylation is 1. The fourth-order valence-corrected chi connectivity index (χ4v) is 8.20. The van der Waals surface area contributed by atoms with Gasteiger partial charge in [-0.25, -0.2) is 0 Å². The Balaban J connectivity index is 1.20. The van der Waals surface area contributed by atoms with Crippen LogP contribution in [0, 0.1) is 35.5 Å². The van der Waals surface area contributed by atoms with Gasteiger partial charge in [0.05, 0.1) is 18.0 Å². The summed E-state index contributed by atoms with van der Waals surface area (Å²) in [5.74, 6) is 2.16. The minimum absolute atomic E-state index is 0.0357. The zero-order chi connectivity index (χ0) is 24.2. The van der Waals surface area contributed by atoms with Gasteiger partial charge in [0.2, 0.25) is 0 Å². The first-order chi connectivity index (χ1) is 16.9. The van der Waals surface area contributed by atoms with Crippen molar-refractivity contribution in [2.75, 3.05) is 0 Å². The van der Waals surface area contributed by atoms with Gasteiger partial charge in [0.15, 0.2) is 0 Å². The predicted octanol–water partition coefficient (Wildman–Crippen LogP) is 5.93. The van der Waals surface area contributed by atoms with E-state index in [0.717, 1.165) is 31.1 Å². The molecule has 5 nitrogen and oxygen atoms in total. The van der Waals surface area contributed by atoms with Gasteiger partial charge in [0.25, 0.3) is 5.91 Å². The second-order valence-corrected chi connectivity index (χ2v) is 11.9. The molecule has 5 heteroatoms. The summed E-state index contributed by atoms with van der Waals surface area (Å²) in [6.07, 6.45) is 20.3. The lowest BCUT2D eigenvalue weighted by Gasteiger charge is -2.58. The molecule has 6 rings (SSSR count). The fourth-order valence-electron chi connectivity index (χ4n) is 8.20. The van der Waals surface area contributed by atoms with E-state index in [-0.39, 0.29) is 22.8 Å². The van der Waals surface area contributed by atoms with Crippen LogP contribution in [0.15, 0.2) is 54.6 Å². The third-order valence-electron chi connectivity index (χ3n) is 10.1. The number of allylic oxidation sites excluding steroid dienone is 3. The van der Waals surface area contributed by atoms with Crippen LogP contribution >= 0.6 is 0 Å². The molecule has 35 heavy (non-hydrogen) atoms. The lowest BCUT2D eigenvalue weighted by atomic mass is 9.47. The Bertz CT molecular complexity index is 1200. The molecular weight excluding hydrogens is 432 g/mol. The van der Waals surface area contributed by atoms with Gasteiger partial charge in [0.1, 0.15) is 0 Å². The number of hydrogen-bond donors (Lipinski definition) is 1. The minimum atomic E-state index is -0.0357. The molecule has 2 fully saturated rings. The number of fused-ring (bicyclic) bond motifs is 5. The standard InChI is InChI=1S/C30H36N4O/c1-19-14-21(17-31-16-19)25-6-7-26-24-5-4-22-15-23(34-28(35)20-10-13-32-33-18-20)8-11-29(22,2)27(24)9-12-30(25,26)3/h4,6,10,13-14,16-18,23-24,26-27H,5,7-9,11-12,15H2,1-3H3,(H,34,35)/t23-,24-,26-,27-,29-,30+/m0/s1. The molecule has 4 aliphatic rings. The molecule has 1 amide bonds. The Morgan fingerprint density at radius 2 is 1.86 bits per heavy atom. The summed E-state index contributed by atoms with van der Waals surface area (Å²) >= 11 is 0. The summed E-state index contributed by atoms with van der Waals surface area (Å²) in [6, 6.07) is 4.25. The molecule has 0 bridgehead atoms. The van der Waals surface area contributed by atoms with Crippen LogP contribution in [0.25, 0.3) is 5.57 Å². The SMILES string of the molecule is Cc1cncc(C2=CC[C@H]3[C@@H]4CC=C5C[C@@H](NC(=O)c6ccnnc6)CC[C@]5(C)[C@H]4CC[C@]23C)c1.